The number of nitrogens with one attached hydrogen (secondary N) is 1. The summed E-state index contributed by atoms with van der Waals surface area (Å²) in [7, 11) is 0. The van der Waals surface area contributed by atoms with Crippen molar-refractivity contribution in [2.45, 2.75) is 65.3 Å². The second-order valence-corrected chi connectivity index (χ2v) is 7.39. The third-order valence-electron chi connectivity index (χ3n) is 5.19. The van der Waals surface area contributed by atoms with Crippen molar-refractivity contribution in [3.8, 4) is 0 Å². The number of carbonyl (C=O) groups is 2. The second-order valence-electron chi connectivity index (χ2n) is 7.39. The van der Waals surface area contributed by atoms with Gasteiger partial charge in [-0.05, 0) is 56.9 Å². The molecule has 1 N–H and O–H groups in total. The van der Waals surface area contributed by atoms with E-state index in [0.29, 0.717) is 13.0 Å². The van der Waals surface area contributed by atoms with E-state index in [1.54, 1.807) is 0 Å². The van der Waals surface area contributed by atoms with E-state index in [4.69, 9.17) is 0 Å². The Labute approximate surface area is 164 Å². The van der Waals surface area contributed by atoms with Crippen molar-refractivity contribution in [1.82, 2.24) is 10.2 Å². The smallest absolute Gasteiger partial charge is 0.253 e. The molecule has 150 valence electrons. The molecule has 0 aromatic heterocycles. The zero-order chi connectivity index (χ0) is 19.6. The number of piperidine rings is 1. The molecule has 0 bridgehead atoms. The van der Waals surface area contributed by atoms with Gasteiger partial charge in [0.25, 0.3) is 5.91 Å². The summed E-state index contributed by atoms with van der Waals surface area (Å²) in [5, 5.41) is 3.07. The Morgan fingerprint density at radius 2 is 1.89 bits per heavy atom. The number of likely N-dealkylation sites (tertiary alicyclic amines) is 1. The third-order valence-corrected chi connectivity index (χ3v) is 5.19. The number of unbranched alkanes of at least 4 members (excludes halogenated alkanes) is 1. The summed E-state index contributed by atoms with van der Waals surface area (Å²) in [6, 6.07) is 8.05. The molecular formula is C22H35N3O2. The van der Waals surface area contributed by atoms with E-state index in [1.807, 2.05) is 24.0 Å². The van der Waals surface area contributed by atoms with E-state index in [1.165, 1.54) is 18.5 Å². The lowest BCUT2D eigenvalue weighted by Crippen LogP contribution is -2.49. The minimum Gasteiger partial charge on any atom is -0.372 e. The van der Waals surface area contributed by atoms with Gasteiger partial charge in [0.05, 0.1) is 0 Å². The largest absolute Gasteiger partial charge is 0.372 e. The van der Waals surface area contributed by atoms with Gasteiger partial charge in [0.15, 0.2) is 0 Å². The van der Waals surface area contributed by atoms with Gasteiger partial charge in [-0.25, -0.2) is 0 Å². The molecule has 27 heavy (non-hydrogen) atoms. The molecule has 0 aliphatic carbocycles. The summed E-state index contributed by atoms with van der Waals surface area (Å²) in [4.78, 5) is 28.9. The second kappa shape index (κ2) is 11.0. The lowest BCUT2D eigenvalue weighted by atomic mass is 10.0. The minimum atomic E-state index is 0.0626. The number of hydrogen-bond acceptors (Lipinski definition) is 3. The molecule has 1 aliphatic heterocycles. The third kappa shape index (κ3) is 6.26. The molecule has 1 saturated heterocycles. The van der Waals surface area contributed by atoms with Crippen LogP contribution in [0.2, 0.25) is 0 Å². The first kappa shape index (κ1) is 21.3. The molecule has 5 heteroatoms. The lowest BCUT2D eigenvalue weighted by molar-refractivity contribution is -0.122. The van der Waals surface area contributed by atoms with E-state index in [-0.39, 0.29) is 17.9 Å². The van der Waals surface area contributed by atoms with Crippen molar-refractivity contribution in [1.29, 1.82) is 0 Å². The molecule has 1 aromatic carbocycles. The maximum atomic E-state index is 12.9. The van der Waals surface area contributed by atoms with Crippen molar-refractivity contribution >= 4 is 17.5 Å². The van der Waals surface area contributed by atoms with Crippen LogP contribution in [0.1, 0.15) is 69.7 Å². The summed E-state index contributed by atoms with van der Waals surface area (Å²) in [5.41, 5.74) is 1.90. The first-order valence-corrected chi connectivity index (χ1v) is 10.5. The quantitative estimate of drug-likeness (QED) is 0.716. The average molecular weight is 374 g/mol. The summed E-state index contributed by atoms with van der Waals surface area (Å²) in [5.74, 6) is 0.153. The van der Waals surface area contributed by atoms with Crippen LogP contribution in [0.15, 0.2) is 24.3 Å². The minimum absolute atomic E-state index is 0.0626. The van der Waals surface area contributed by atoms with Crippen LogP contribution in [-0.2, 0) is 4.79 Å². The Balaban J connectivity index is 1.97. The van der Waals surface area contributed by atoms with Crippen LogP contribution in [-0.4, -0.2) is 48.9 Å². The van der Waals surface area contributed by atoms with Gasteiger partial charge in [0.2, 0.25) is 5.91 Å². The number of anilines is 1. The SMILES string of the molecule is CCCCN(CC)c1ccc(C(=O)N2CCCC(NC(=O)CCC)C2)cc1. The normalized spacial score (nSPS) is 16.9. The molecule has 0 radical (unpaired) electrons. The van der Waals surface area contributed by atoms with Gasteiger partial charge in [-0.3, -0.25) is 9.59 Å². The van der Waals surface area contributed by atoms with Gasteiger partial charge in [-0.15, -0.1) is 0 Å². The fourth-order valence-corrected chi connectivity index (χ4v) is 3.62. The van der Waals surface area contributed by atoms with Gasteiger partial charge in [0, 0.05) is 49.9 Å². The van der Waals surface area contributed by atoms with Crippen molar-refractivity contribution in [2.75, 3.05) is 31.1 Å². The predicted molar refractivity (Wildman–Crippen MR) is 111 cm³/mol. The number of amides is 2. The van der Waals surface area contributed by atoms with Crippen LogP contribution in [0, 0.1) is 0 Å². The van der Waals surface area contributed by atoms with Gasteiger partial charge in [0.1, 0.15) is 0 Å². The summed E-state index contributed by atoms with van der Waals surface area (Å²) in [6.07, 6.45) is 5.63. The van der Waals surface area contributed by atoms with Crippen molar-refractivity contribution in [3.63, 3.8) is 0 Å². The first-order valence-electron chi connectivity index (χ1n) is 10.5. The molecule has 1 unspecified atom stereocenters. The summed E-state index contributed by atoms with van der Waals surface area (Å²) < 4.78 is 0. The van der Waals surface area contributed by atoms with E-state index in [2.05, 4.69) is 36.2 Å². The zero-order valence-corrected chi connectivity index (χ0v) is 17.2. The molecular weight excluding hydrogens is 338 g/mol. The van der Waals surface area contributed by atoms with Crippen LogP contribution in [0.5, 0.6) is 0 Å². The fraction of sp³-hybridized carbons (Fsp3) is 0.636. The zero-order valence-electron chi connectivity index (χ0n) is 17.2. The highest BCUT2D eigenvalue weighted by molar-refractivity contribution is 5.94. The number of carbonyl (C=O) groups excluding carboxylic acids is 2. The van der Waals surface area contributed by atoms with E-state index in [0.717, 1.165) is 44.5 Å². The predicted octanol–water partition coefficient (Wildman–Crippen LogP) is 3.83. The molecule has 1 atom stereocenters. The van der Waals surface area contributed by atoms with Crippen molar-refractivity contribution in [2.24, 2.45) is 0 Å². The number of rotatable bonds is 9. The molecule has 1 fully saturated rings. The standard InChI is InChI=1S/C22H35N3O2/c1-4-7-15-24(6-3)20-13-11-18(12-14-20)22(27)25-16-8-10-19(17-25)23-21(26)9-5-2/h11-14,19H,4-10,15-17H2,1-3H3,(H,23,26). The highest BCUT2D eigenvalue weighted by Crippen LogP contribution is 2.19. The summed E-state index contributed by atoms with van der Waals surface area (Å²) >= 11 is 0. The molecule has 2 rings (SSSR count). The molecule has 2 amide bonds. The average Bonchev–Trinajstić information content (AvgIpc) is 2.69. The van der Waals surface area contributed by atoms with Crippen molar-refractivity contribution < 1.29 is 9.59 Å². The molecule has 0 spiro atoms. The monoisotopic (exact) mass is 373 g/mol. The van der Waals surface area contributed by atoms with Crippen LogP contribution < -0.4 is 10.2 Å². The van der Waals surface area contributed by atoms with Crippen LogP contribution in [0.25, 0.3) is 0 Å². The highest BCUT2D eigenvalue weighted by atomic mass is 16.2. The first-order chi connectivity index (χ1) is 13.1. The molecule has 1 aromatic rings. The van der Waals surface area contributed by atoms with Crippen molar-refractivity contribution in [3.05, 3.63) is 29.8 Å². The maximum absolute atomic E-state index is 12.9. The van der Waals surface area contributed by atoms with Crippen LogP contribution in [0.3, 0.4) is 0 Å². The number of hydrogen-bond donors (Lipinski definition) is 1. The van der Waals surface area contributed by atoms with Gasteiger partial charge >= 0.3 is 0 Å². The molecule has 1 aliphatic rings. The van der Waals surface area contributed by atoms with E-state index in [9.17, 15) is 9.59 Å². The molecule has 5 nitrogen and oxygen atoms in total. The number of benzene rings is 1. The number of nitrogens with zero attached hydrogens (tertiary/aromatic N) is 2. The topological polar surface area (TPSA) is 52.7 Å². The Bertz CT molecular complexity index is 600. The maximum Gasteiger partial charge on any atom is 0.253 e. The van der Waals surface area contributed by atoms with Gasteiger partial charge in [-0.2, -0.15) is 0 Å². The Kier molecular flexibility index (Phi) is 8.62. The lowest BCUT2D eigenvalue weighted by Gasteiger charge is -2.33. The molecule has 0 saturated carbocycles. The van der Waals surface area contributed by atoms with Crippen LogP contribution >= 0.6 is 0 Å². The molecule has 1 heterocycles. The van der Waals surface area contributed by atoms with E-state index >= 15 is 0 Å². The van der Waals surface area contributed by atoms with Gasteiger partial charge in [-0.1, -0.05) is 20.3 Å². The van der Waals surface area contributed by atoms with Crippen LogP contribution in [0.4, 0.5) is 5.69 Å². The Morgan fingerprint density at radius 1 is 1.15 bits per heavy atom. The summed E-state index contributed by atoms with van der Waals surface area (Å²) in [6.45, 7) is 9.75. The Morgan fingerprint density at radius 3 is 2.52 bits per heavy atom. The highest BCUT2D eigenvalue weighted by Gasteiger charge is 2.25. The van der Waals surface area contributed by atoms with Gasteiger partial charge < -0.3 is 15.1 Å². The van der Waals surface area contributed by atoms with E-state index < -0.39 is 0 Å². The Hall–Kier alpha value is -2.04. The fourth-order valence-electron chi connectivity index (χ4n) is 3.62.